The number of aliphatic carboxylic acids is 1. The predicted octanol–water partition coefficient (Wildman–Crippen LogP) is 1.26. The van der Waals surface area contributed by atoms with E-state index in [-0.39, 0.29) is 12.5 Å². The van der Waals surface area contributed by atoms with Gasteiger partial charge in [0, 0.05) is 24.8 Å². The Morgan fingerprint density at radius 1 is 1.52 bits per heavy atom. The zero-order valence-corrected chi connectivity index (χ0v) is 12.2. The number of rotatable bonds is 4. The smallest absolute Gasteiger partial charge is 0.326 e. The van der Waals surface area contributed by atoms with Crippen LogP contribution in [0.15, 0.2) is 18.3 Å². The third-order valence-electron chi connectivity index (χ3n) is 4.11. The van der Waals surface area contributed by atoms with Gasteiger partial charge >= 0.3 is 5.97 Å². The highest BCUT2D eigenvalue weighted by molar-refractivity contribution is 5.96. The number of amides is 1. The van der Waals surface area contributed by atoms with E-state index in [2.05, 4.69) is 11.9 Å². The van der Waals surface area contributed by atoms with Crippen molar-refractivity contribution in [2.75, 3.05) is 6.54 Å². The van der Waals surface area contributed by atoms with E-state index in [1.54, 1.807) is 12.1 Å². The summed E-state index contributed by atoms with van der Waals surface area (Å²) in [4.78, 5) is 29.5. The summed E-state index contributed by atoms with van der Waals surface area (Å²) in [6, 6.07) is 2.49. The van der Waals surface area contributed by atoms with Gasteiger partial charge in [-0.05, 0) is 30.9 Å². The summed E-state index contributed by atoms with van der Waals surface area (Å²) < 4.78 is 0. The number of pyridine rings is 1. The van der Waals surface area contributed by atoms with Crippen molar-refractivity contribution in [3.63, 3.8) is 0 Å². The van der Waals surface area contributed by atoms with Crippen LogP contribution in [-0.4, -0.2) is 39.5 Å². The topological polar surface area (TPSA) is 96.5 Å². The molecule has 1 aromatic heterocycles. The molecule has 2 heterocycles. The SMILES string of the molecule is CCC1CCN(C(=O)c2ccnc(CN)c2)C(C(=O)O)C1. The van der Waals surface area contributed by atoms with Gasteiger partial charge in [-0.25, -0.2) is 4.79 Å². The second-order valence-corrected chi connectivity index (χ2v) is 5.39. The van der Waals surface area contributed by atoms with Crippen molar-refractivity contribution in [2.24, 2.45) is 11.7 Å². The number of likely N-dealkylation sites (tertiary alicyclic amines) is 1. The van der Waals surface area contributed by atoms with E-state index in [1.165, 1.54) is 11.1 Å². The van der Waals surface area contributed by atoms with Crippen LogP contribution in [0.3, 0.4) is 0 Å². The summed E-state index contributed by atoms with van der Waals surface area (Å²) in [5, 5.41) is 9.39. The van der Waals surface area contributed by atoms with E-state index in [9.17, 15) is 14.7 Å². The van der Waals surface area contributed by atoms with E-state index in [0.29, 0.717) is 30.1 Å². The van der Waals surface area contributed by atoms with E-state index >= 15 is 0 Å². The van der Waals surface area contributed by atoms with Gasteiger partial charge in [-0.1, -0.05) is 13.3 Å². The van der Waals surface area contributed by atoms with Gasteiger partial charge in [0.05, 0.1) is 5.69 Å². The monoisotopic (exact) mass is 291 g/mol. The molecular formula is C15H21N3O3. The Hall–Kier alpha value is -1.95. The molecule has 0 radical (unpaired) electrons. The maximum absolute atomic E-state index is 12.6. The Morgan fingerprint density at radius 3 is 2.90 bits per heavy atom. The van der Waals surface area contributed by atoms with Crippen LogP contribution >= 0.6 is 0 Å². The number of piperidine rings is 1. The molecule has 21 heavy (non-hydrogen) atoms. The second kappa shape index (κ2) is 6.67. The van der Waals surface area contributed by atoms with E-state index in [1.807, 2.05) is 0 Å². The molecule has 0 spiro atoms. The fraction of sp³-hybridized carbons (Fsp3) is 0.533. The summed E-state index contributed by atoms with van der Waals surface area (Å²) >= 11 is 0. The molecule has 0 bridgehead atoms. The lowest BCUT2D eigenvalue weighted by Crippen LogP contribution is -2.50. The fourth-order valence-corrected chi connectivity index (χ4v) is 2.77. The van der Waals surface area contributed by atoms with Gasteiger partial charge in [0.15, 0.2) is 0 Å². The van der Waals surface area contributed by atoms with Gasteiger partial charge in [-0.15, -0.1) is 0 Å². The first kappa shape index (κ1) is 15.4. The molecule has 2 unspecified atom stereocenters. The first-order chi connectivity index (χ1) is 10.1. The molecule has 1 fully saturated rings. The van der Waals surface area contributed by atoms with Crippen LogP contribution in [0.2, 0.25) is 0 Å². The van der Waals surface area contributed by atoms with Crippen LogP contribution < -0.4 is 5.73 Å². The van der Waals surface area contributed by atoms with Crippen LogP contribution in [0, 0.1) is 5.92 Å². The molecule has 1 aliphatic rings. The lowest BCUT2D eigenvalue weighted by atomic mass is 9.88. The number of nitrogens with two attached hydrogens (primary N) is 1. The minimum atomic E-state index is -0.936. The molecule has 114 valence electrons. The largest absolute Gasteiger partial charge is 0.480 e. The van der Waals surface area contributed by atoms with Gasteiger partial charge in [0.1, 0.15) is 6.04 Å². The van der Waals surface area contributed by atoms with Crippen LogP contribution in [0.5, 0.6) is 0 Å². The van der Waals surface area contributed by atoms with Crippen LogP contribution in [0.4, 0.5) is 0 Å². The number of carboxylic acids is 1. The molecule has 2 atom stereocenters. The highest BCUT2D eigenvalue weighted by Crippen LogP contribution is 2.27. The van der Waals surface area contributed by atoms with Gasteiger partial charge in [-0.3, -0.25) is 9.78 Å². The molecule has 6 nitrogen and oxygen atoms in total. The summed E-state index contributed by atoms with van der Waals surface area (Å²) in [6.45, 7) is 2.79. The summed E-state index contributed by atoms with van der Waals surface area (Å²) in [6.07, 6.45) is 3.84. The minimum absolute atomic E-state index is 0.251. The normalized spacial score (nSPS) is 22.1. The lowest BCUT2D eigenvalue weighted by molar-refractivity contribution is -0.144. The third kappa shape index (κ3) is 3.39. The quantitative estimate of drug-likeness (QED) is 0.870. The molecule has 0 aliphatic carbocycles. The molecule has 1 aliphatic heterocycles. The molecular weight excluding hydrogens is 270 g/mol. The van der Waals surface area contributed by atoms with Crippen LogP contribution in [-0.2, 0) is 11.3 Å². The van der Waals surface area contributed by atoms with Crippen molar-refractivity contribution in [2.45, 2.75) is 38.8 Å². The highest BCUT2D eigenvalue weighted by atomic mass is 16.4. The number of carbonyl (C=O) groups is 2. The Bertz CT molecular complexity index is 533. The van der Waals surface area contributed by atoms with Crippen LogP contribution in [0.25, 0.3) is 0 Å². The van der Waals surface area contributed by atoms with Crippen molar-refractivity contribution in [3.05, 3.63) is 29.6 Å². The number of hydrogen-bond acceptors (Lipinski definition) is 4. The fourth-order valence-electron chi connectivity index (χ4n) is 2.77. The minimum Gasteiger partial charge on any atom is -0.480 e. The number of hydrogen-bond donors (Lipinski definition) is 2. The van der Waals surface area contributed by atoms with Crippen LogP contribution in [0.1, 0.15) is 42.2 Å². The number of aromatic nitrogens is 1. The molecule has 2 rings (SSSR count). The molecule has 3 N–H and O–H groups in total. The Morgan fingerprint density at radius 2 is 2.29 bits per heavy atom. The van der Waals surface area contributed by atoms with Crippen molar-refractivity contribution in [1.82, 2.24) is 9.88 Å². The number of carboxylic acid groups (broad SMARTS) is 1. The lowest BCUT2D eigenvalue weighted by Gasteiger charge is -2.37. The number of nitrogens with zero attached hydrogens (tertiary/aromatic N) is 2. The standard InChI is InChI=1S/C15H21N3O3/c1-2-10-4-6-18(13(7-10)15(20)21)14(19)11-3-5-17-12(8-11)9-16/h3,5,8,10,13H,2,4,6-7,9,16H2,1H3,(H,20,21). The van der Waals surface area contributed by atoms with Crippen molar-refractivity contribution < 1.29 is 14.7 Å². The maximum Gasteiger partial charge on any atom is 0.326 e. The van der Waals surface area contributed by atoms with E-state index in [4.69, 9.17) is 5.73 Å². The maximum atomic E-state index is 12.6. The Labute approximate surface area is 124 Å². The molecule has 0 saturated carbocycles. The zero-order chi connectivity index (χ0) is 15.4. The Kier molecular flexibility index (Phi) is 4.90. The van der Waals surface area contributed by atoms with Crippen molar-refractivity contribution >= 4 is 11.9 Å². The summed E-state index contributed by atoms with van der Waals surface area (Å²) in [7, 11) is 0. The number of carbonyl (C=O) groups excluding carboxylic acids is 1. The molecule has 1 aromatic rings. The summed E-state index contributed by atoms with van der Waals surface area (Å²) in [5.74, 6) is -0.823. The molecule has 6 heteroatoms. The summed E-state index contributed by atoms with van der Waals surface area (Å²) in [5.41, 5.74) is 6.60. The first-order valence-electron chi connectivity index (χ1n) is 7.25. The average Bonchev–Trinajstić information content (AvgIpc) is 2.53. The van der Waals surface area contributed by atoms with Gasteiger partial charge in [0.25, 0.3) is 5.91 Å². The van der Waals surface area contributed by atoms with E-state index < -0.39 is 12.0 Å². The first-order valence-corrected chi connectivity index (χ1v) is 7.25. The average molecular weight is 291 g/mol. The third-order valence-corrected chi connectivity index (χ3v) is 4.11. The predicted molar refractivity (Wildman–Crippen MR) is 77.6 cm³/mol. The Balaban J connectivity index is 2.21. The molecule has 1 amide bonds. The van der Waals surface area contributed by atoms with Gasteiger partial charge in [-0.2, -0.15) is 0 Å². The second-order valence-electron chi connectivity index (χ2n) is 5.39. The zero-order valence-electron chi connectivity index (χ0n) is 12.2. The molecule has 1 saturated heterocycles. The highest BCUT2D eigenvalue weighted by Gasteiger charge is 2.35. The van der Waals surface area contributed by atoms with Crippen molar-refractivity contribution in [3.8, 4) is 0 Å². The van der Waals surface area contributed by atoms with Gasteiger partial charge < -0.3 is 15.7 Å². The van der Waals surface area contributed by atoms with Gasteiger partial charge in [0.2, 0.25) is 0 Å². The van der Waals surface area contributed by atoms with E-state index in [0.717, 1.165) is 12.8 Å². The van der Waals surface area contributed by atoms with Crippen molar-refractivity contribution in [1.29, 1.82) is 0 Å². The molecule has 0 aromatic carbocycles.